The van der Waals surface area contributed by atoms with Crippen LogP contribution in [0.4, 0.5) is 4.79 Å². The van der Waals surface area contributed by atoms with E-state index in [0.717, 1.165) is 12.8 Å². The highest BCUT2D eigenvalue weighted by molar-refractivity contribution is 5.83. The first-order valence-corrected chi connectivity index (χ1v) is 6.46. The van der Waals surface area contributed by atoms with Gasteiger partial charge in [-0.1, -0.05) is 13.3 Å². The monoisotopic (exact) mass is 274 g/mol. The lowest BCUT2D eigenvalue weighted by Crippen LogP contribution is -2.50. The molecule has 1 aliphatic rings. The molecule has 0 aliphatic carbocycles. The van der Waals surface area contributed by atoms with E-state index in [1.54, 1.807) is 7.11 Å². The van der Waals surface area contributed by atoms with Crippen molar-refractivity contribution in [2.24, 2.45) is 0 Å². The van der Waals surface area contributed by atoms with Crippen LogP contribution < -0.4 is 5.32 Å². The molecule has 7 heteroatoms. The number of ether oxygens (including phenoxy) is 1. The van der Waals surface area contributed by atoms with Crippen molar-refractivity contribution in [1.29, 1.82) is 0 Å². The molecule has 110 valence electrons. The van der Waals surface area contributed by atoms with Crippen LogP contribution in [0.1, 0.15) is 26.2 Å². The molecular weight excluding hydrogens is 252 g/mol. The van der Waals surface area contributed by atoms with Gasteiger partial charge in [-0.15, -0.1) is 0 Å². The SMILES string of the molecule is CCCC(COC)NC(=O)N1C[C@H](O)C[C@H]1C(=O)O. The van der Waals surface area contributed by atoms with Crippen molar-refractivity contribution >= 4 is 12.0 Å². The van der Waals surface area contributed by atoms with Gasteiger partial charge in [0, 0.05) is 20.1 Å². The van der Waals surface area contributed by atoms with Crippen molar-refractivity contribution in [2.75, 3.05) is 20.3 Å². The molecule has 19 heavy (non-hydrogen) atoms. The normalized spacial score (nSPS) is 24.3. The smallest absolute Gasteiger partial charge is 0.326 e. The van der Waals surface area contributed by atoms with Gasteiger partial charge < -0.3 is 25.2 Å². The molecule has 3 N–H and O–H groups in total. The maximum Gasteiger partial charge on any atom is 0.326 e. The predicted molar refractivity (Wildman–Crippen MR) is 67.9 cm³/mol. The molecule has 0 radical (unpaired) electrons. The van der Waals surface area contributed by atoms with E-state index >= 15 is 0 Å². The van der Waals surface area contributed by atoms with E-state index in [9.17, 15) is 14.7 Å². The standard InChI is InChI=1S/C12H22N2O5/c1-3-4-8(7-19-2)13-12(18)14-6-9(15)5-10(14)11(16)17/h8-10,15H,3-7H2,1-2H3,(H,13,18)(H,16,17)/t8?,9-,10+/m1/s1. The number of carbonyl (C=O) groups excluding carboxylic acids is 1. The third-order valence-corrected chi connectivity index (χ3v) is 3.16. The van der Waals surface area contributed by atoms with Gasteiger partial charge in [-0.05, 0) is 6.42 Å². The van der Waals surface area contributed by atoms with Gasteiger partial charge in [0.2, 0.25) is 0 Å². The molecule has 1 aliphatic heterocycles. The number of carboxylic acids is 1. The number of carboxylic acid groups (broad SMARTS) is 1. The molecule has 1 fully saturated rings. The van der Waals surface area contributed by atoms with Gasteiger partial charge in [-0.3, -0.25) is 0 Å². The summed E-state index contributed by atoms with van der Waals surface area (Å²) in [4.78, 5) is 24.3. The summed E-state index contributed by atoms with van der Waals surface area (Å²) < 4.78 is 5.02. The lowest BCUT2D eigenvalue weighted by Gasteiger charge is -2.25. The number of aliphatic carboxylic acids is 1. The Hall–Kier alpha value is -1.34. The van der Waals surface area contributed by atoms with E-state index in [0.29, 0.717) is 6.61 Å². The fourth-order valence-electron chi connectivity index (χ4n) is 2.28. The molecule has 1 unspecified atom stereocenters. The molecule has 0 bridgehead atoms. The van der Waals surface area contributed by atoms with Crippen molar-refractivity contribution in [3.63, 3.8) is 0 Å². The Labute approximate surface area is 112 Å². The molecule has 7 nitrogen and oxygen atoms in total. The topological polar surface area (TPSA) is 99.1 Å². The largest absolute Gasteiger partial charge is 0.480 e. The Kier molecular flexibility index (Phi) is 6.04. The maximum atomic E-state index is 12.1. The average Bonchev–Trinajstić information content (AvgIpc) is 2.72. The van der Waals surface area contributed by atoms with E-state index in [-0.39, 0.29) is 19.0 Å². The number of β-amino-alcohol motifs (C(OH)–C–C–N with tert-alkyl or cyclic N) is 1. The van der Waals surface area contributed by atoms with Gasteiger partial charge >= 0.3 is 12.0 Å². The van der Waals surface area contributed by atoms with Gasteiger partial charge in [0.25, 0.3) is 0 Å². The highest BCUT2D eigenvalue weighted by Gasteiger charge is 2.39. The Morgan fingerprint density at radius 3 is 2.74 bits per heavy atom. The fourth-order valence-corrected chi connectivity index (χ4v) is 2.28. The molecule has 3 atom stereocenters. The fraction of sp³-hybridized carbons (Fsp3) is 0.833. The van der Waals surface area contributed by atoms with E-state index in [2.05, 4.69) is 5.32 Å². The molecule has 0 aromatic heterocycles. The number of rotatable bonds is 6. The number of nitrogens with zero attached hydrogens (tertiary/aromatic N) is 1. The Balaban J connectivity index is 2.62. The third kappa shape index (κ3) is 4.36. The molecule has 0 spiro atoms. The Morgan fingerprint density at radius 1 is 1.53 bits per heavy atom. The summed E-state index contributed by atoms with van der Waals surface area (Å²) in [7, 11) is 1.55. The number of aliphatic hydroxyl groups excluding tert-OH is 1. The number of hydrogen-bond donors (Lipinski definition) is 3. The van der Waals surface area contributed by atoms with Gasteiger partial charge in [0.1, 0.15) is 6.04 Å². The predicted octanol–water partition coefficient (Wildman–Crippen LogP) is 0.0309. The van der Waals surface area contributed by atoms with Crippen molar-refractivity contribution in [1.82, 2.24) is 10.2 Å². The number of hydrogen-bond acceptors (Lipinski definition) is 4. The average molecular weight is 274 g/mol. The van der Waals surface area contributed by atoms with Crippen molar-refractivity contribution < 1.29 is 24.5 Å². The summed E-state index contributed by atoms with van der Waals surface area (Å²) in [6.07, 6.45) is 0.942. The van der Waals surface area contributed by atoms with E-state index < -0.39 is 24.1 Å². The number of aliphatic hydroxyl groups is 1. The minimum Gasteiger partial charge on any atom is -0.480 e. The Morgan fingerprint density at radius 2 is 2.21 bits per heavy atom. The van der Waals surface area contributed by atoms with Crippen LogP contribution in [0.25, 0.3) is 0 Å². The second kappa shape index (κ2) is 7.30. The highest BCUT2D eigenvalue weighted by Crippen LogP contribution is 2.18. The van der Waals surface area contributed by atoms with Crippen LogP contribution in [-0.4, -0.2) is 65.6 Å². The van der Waals surface area contributed by atoms with Gasteiger partial charge in [-0.25, -0.2) is 9.59 Å². The highest BCUT2D eigenvalue weighted by atomic mass is 16.5. The summed E-state index contributed by atoms with van der Waals surface area (Å²) in [6.45, 7) is 2.43. The number of carbonyl (C=O) groups is 2. The van der Waals surface area contributed by atoms with Crippen LogP contribution in [-0.2, 0) is 9.53 Å². The molecule has 0 saturated carbocycles. The van der Waals surface area contributed by atoms with Crippen molar-refractivity contribution in [3.05, 3.63) is 0 Å². The van der Waals surface area contributed by atoms with Gasteiger partial charge in [0.05, 0.1) is 18.8 Å². The zero-order valence-corrected chi connectivity index (χ0v) is 11.3. The molecule has 0 aromatic carbocycles. The van der Waals surface area contributed by atoms with Gasteiger partial charge in [-0.2, -0.15) is 0 Å². The van der Waals surface area contributed by atoms with E-state index in [1.165, 1.54) is 4.90 Å². The second-order valence-electron chi connectivity index (χ2n) is 4.79. The molecule has 2 amide bonds. The summed E-state index contributed by atoms with van der Waals surface area (Å²) in [5.74, 6) is -1.09. The molecule has 1 rings (SSSR count). The first-order chi connectivity index (χ1) is 8.99. The van der Waals surface area contributed by atoms with Gasteiger partial charge in [0.15, 0.2) is 0 Å². The maximum absolute atomic E-state index is 12.1. The first-order valence-electron chi connectivity index (χ1n) is 6.46. The molecule has 1 saturated heterocycles. The zero-order valence-electron chi connectivity index (χ0n) is 11.3. The number of amides is 2. The van der Waals surface area contributed by atoms with Crippen LogP contribution in [0.5, 0.6) is 0 Å². The summed E-state index contributed by atoms with van der Waals surface area (Å²) >= 11 is 0. The number of likely N-dealkylation sites (tertiary alicyclic amines) is 1. The van der Waals surface area contributed by atoms with E-state index in [4.69, 9.17) is 9.84 Å². The number of nitrogens with one attached hydrogen (secondary N) is 1. The van der Waals surface area contributed by atoms with Crippen molar-refractivity contribution in [2.45, 2.75) is 44.4 Å². The van der Waals surface area contributed by atoms with Crippen LogP contribution in [0.15, 0.2) is 0 Å². The quantitative estimate of drug-likeness (QED) is 0.634. The van der Waals surface area contributed by atoms with Crippen LogP contribution in [0, 0.1) is 0 Å². The Bertz CT molecular complexity index is 317. The minimum absolute atomic E-state index is 0.0502. The number of methoxy groups -OCH3 is 1. The zero-order chi connectivity index (χ0) is 14.4. The lowest BCUT2D eigenvalue weighted by atomic mass is 10.2. The molecule has 0 aromatic rings. The third-order valence-electron chi connectivity index (χ3n) is 3.16. The molecule has 1 heterocycles. The number of urea groups is 1. The summed E-state index contributed by atoms with van der Waals surface area (Å²) in [5.41, 5.74) is 0. The lowest BCUT2D eigenvalue weighted by molar-refractivity contribution is -0.141. The molecular formula is C12H22N2O5. The minimum atomic E-state index is -1.09. The summed E-state index contributed by atoms with van der Waals surface area (Å²) in [5, 5.41) is 21.3. The van der Waals surface area contributed by atoms with Crippen LogP contribution in [0.3, 0.4) is 0 Å². The summed E-state index contributed by atoms with van der Waals surface area (Å²) in [6, 6.07) is -1.56. The van der Waals surface area contributed by atoms with E-state index in [1.807, 2.05) is 6.92 Å². The van der Waals surface area contributed by atoms with Crippen molar-refractivity contribution in [3.8, 4) is 0 Å². The second-order valence-corrected chi connectivity index (χ2v) is 4.79. The van der Waals surface area contributed by atoms with Crippen LogP contribution in [0.2, 0.25) is 0 Å². The van der Waals surface area contributed by atoms with Crippen LogP contribution >= 0.6 is 0 Å². The first kappa shape index (κ1) is 15.7.